The maximum absolute atomic E-state index is 9.94. The first kappa shape index (κ1) is 14.1. The number of hydrogen-bond acceptors (Lipinski definition) is 2. The fraction of sp³-hybridized carbons (Fsp3) is 0.400. The van der Waals surface area contributed by atoms with Crippen molar-refractivity contribution in [2.45, 2.75) is 38.3 Å². The number of aryl methyl sites for hydroxylation is 2. The normalized spacial score (nSPS) is 12.5. The lowest BCUT2D eigenvalue weighted by Crippen LogP contribution is -2.09. The number of halogens is 1. The third-order valence-electron chi connectivity index (χ3n) is 3.19. The molecular formula is C15H19ClN2O. The van der Waals surface area contributed by atoms with Gasteiger partial charge in [0.15, 0.2) is 0 Å². The second kappa shape index (κ2) is 7.31. The smallest absolute Gasteiger partial charge is 0.0945 e. The molecule has 1 atom stereocenters. The van der Waals surface area contributed by atoms with Crippen LogP contribution in [0.2, 0.25) is 5.02 Å². The zero-order chi connectivity index (χ0) is 13.5. The van der Waals surface area contributed by atoms with Gasteiger partial charge in [-0.15, -0.1) is 0 Å². The lowest BCUT2D eigenvalue weighted by atomic mass is 10.0. The lowest BCUT2D eigenvalue weighted by Gasteiger charge is -2.10. The largest absolute Gasteiger partial charge is 0.393 e. The molecule has 0 aliphatic rings. The number of aliphatic hydroxyl groups is 1. The minimum atomic E-state index is -0.237. The highest BCUT2D eigenvalue weighted by atomic mass is 35.5. The summed E-state index contributed by atoms with van der Waals surface area (Å²) in [5.74, 6) is 0. The summed E-state index contributed by atoms with van der Waals surface area (Å²) >= 11 is 5.83. The van der Waals surface area contributed by atoms with E-state index in [0.717, 1.165) is 37.3 Å². The zero-order valence-electron chi connectivity index (χ0n) is 10.9. The van der Waals surface area contributed by atoms with E-state index in [1.165, 1.54) is 5.56 Å². The van der Waals surface area contributed by atoms with Crippen molar-refractivity contribution < 1.29 is 5.11 Å². The van der Waals surface area contributed by atoms with Crippen molar-refractivity contribution in [1.82, 2.24) is 9.55 Å². The number of aromatic nitrogens is 2. The molecule has 2 aromatic rings. The highest BCUT2D eigenvalue weighted by Crippen LogP contribution is 2.13. The minimum Gasteiger partial charge on any atom is -0.393 e. The number of aliphatic hydroxyl groups excluding tert-OH is 1. The average Bonchev–Trinajstić information content (AvgIpc) is 2.91. The van der Waals surface area contributed by atoms with Crippen LogP contribution in [-0.4, -0.2) is 20.8 Å². The highest BCUT2D eigenvalue weighted by Gasteiger charge is 2.05. The summed E-state index contributed by atoms with van der Waals surface area (Å²) in [7, 11) is 0. The highest BCUT2D eigenvalue weighted by molar-refractivity contribution is 6.30. The van der Waals surface area contributed by atoms with E-state index in [-0.39, 0.29) is 6.10 Å². The summed E-state index contributed by atoms with van der Waals surface area (Å²) in [5.41, 5.74) is 1.22. The quantitative estimate of drug-likeness (QED) is 0.844. The summed E-state index contributed by atoms with van der Waals surface area (Å²) in [5, 5.41) is 10.7. The zero-order valence-corrected chi connectivity index (χ0v) is 11.6. The van der Waals surface area contributed by atoms with Crippen molar-refractivity contribution in [1.29, 1.82) is 0 Å². The predicted octanol–water partition coefficient (Wildman–Crippen LogP) is 3.31. The van der Waals surface area contributed by atoms with E-state index in [9.17, 15) is 5.11 Å². The Morgan fingerprint density at radius 2 is 2.00 bits per heavy atom. The van der Waals surface area contributed by atoms with Crippen molar-refractivity contribution >= 4 is 11.6 Å². The molecule has 0 radical (unpaired) electrons. The topological polar surface area (TPSA) is 38.0 Å². The van der Waals surface area contributed by atoms with Crippen LogP contribution in [0.4, 0.5) is 0 Å². The standard InChI is InChI=1S/C15H19ClN2O/c16-14-6-3-13(4-7-14)5-8-15(19)2-1-10-18-11-9-17-12-18/h3-4,6-7,9,11-12,15,19H,1-2,5,8,10H2. The van der Waals surface area contributed by atoms with Crippen molar-refractivity contribution in [2.75, 3.05) is 0 Å². The van der Waals surface area contributed by atoms with Crippen LogP contribution in [0.15, 0.2) is 43.0 Å². The predicted molar refractivity (Wildman–Crippen MR) is 77.2 cm³/mol. The third-order valence-corrected chi connectivity index (χ3v) is 3.44. The molecule has 1 unspecified atom stereocenters. The average molecular weight is 279 g/mol. The van der Waals surface area contributed by atoms with Crippen LogP contribution >= 0.6 is 11.6 Å². The molecule has 0 saturated heterocycles. The molecule has 0 spiro atoms. The van der Waals surface area contributed by atoms with Crippen molar-refractivity contribution in [3.8, 4) is 0 Å². The second-order valence-corrected chi connectivity index (χ2v) is 5.20. The summed E-state index contributed by atoms with van der Waals surface area (Å²) in [6.45, 7) is 0.915. The summed E-state index contributed by atoms with van der Waals surface area (Å²) in [6, 6.07) is 7.81. The molecule has 0 fully saturated rings. The Bertz CT molecular complexity index is 467. The molecule has 1 aromatic carbocycles. The maximum Gasteiger partial charge on any atom is 0.0945 e. The van der Waals surface area contributed by atoms with Gasteiger partial charge in [0.2, 0.25) is 0 Å². The molecular weight excluding hydrogens is 260 g/mol. The summed E-state index contributed by atoms with van der Waals surface area (Å²) in [4.78, 5) is 3.99. The lowest BCUT2D eigenvalue weighted by molar-refractivity contribution is 0.150. The van der Waals surface area contributed by atoms with Gasteiger partial charge in [0.05, 0.1) is 12.4 Å². The third kappa shape index (κ3) is 5.05. The molecule has 0 amide bonds. The first-order valence-electron chi connectivity index (χ1n) is 6.62. The molecule has 1 heterocycles. The fourth-order valence-corrected chi connectivity index (χ4v) is 2.18. The Kier molecular flexibility index (Phi) is 5.43. The van der Waals surface area contributed by atoms with Crippen molar-refractivity contribution in [2.24, 2.45) is 0 Å². The Balaban J connectivity index is 1.64. The van der Waals surface area contributed by atoms with Gasteiger partial charge in [-0.25, -0.2) is 4.98 Å². The molecule has 0 aliphatic carbocycles. The first-order valence-corrected chi connectivity index (χ1v) is 7.00. The van der Waals surface area contributed by atoms with Gasteiger partial charge >= 0.3 is 0 Å². The van der Waals surface area contributed by atoms with Gasteiger partial charge < -0.3 is 9.67 Å². The van der Waals surface area contributed by atoms with Crippen LogP contribution in [0.3, 0.4) is 0 Å². The van der Waals surface area contributed by atoms with Gasteiger partial charge in [-0.3, -0.25) is 0 Å². The molecule has 102 valence electrons. The molecule has 1 N–H and O–H groups in total. The van der Waals surface area contributed by atoms with Gasteiger partial charge in [-0.05, 0) is 43.4 Å². The van der Waals surface area contributed by atoms with Crippen molar-refractivity contribution in [3.05, 3.63) is 53.6 Å². The Morgan fingerprint density at radius 1 is 1.21 bits per heavy atom. The second-order valence-electron chi connectivity index (χ2n) is 4.76. The van der Waals surface area contributed by atoms with E-state index in [1.54, 1.807) is 12.5 Å². The van der Waals surface area contributed by atoms with Crippen LogP contribution in [0.5, 0.6) is 0 Å². The molecule has 0 bridgehead atoms. The Labute approximate surface area is 118 Å². The van der Waals surface area contributed by atoms with Crippen LogP contribution in [0, 0.1) is 0 Å². The van der Waals surface area contributed by atoms with Crippen LogP contribution in [0.1, 0.15) is 24.8 Å². The van der Waals surface area contributed by atoms with E-state index >= 15 is 0 Å². The van der Waals surface area contributed by atoms with Crippen molar-refractivity contribution in [3.63, 3.8) is 0 Å². The van der Waals surface area contributed by atoms with Crippen LogP contribution in [0.25, 0.3) is 0 Å². The van der Waals surface area contributed by atoms with Gasteiger partial charge in [0, 0.05) is 24.0 Å². The van der Waals surface area contributed by atoms with E-state index in [0.29, 0.717) is 0 Å². The monoisotopic (exact) mass is 278 g/mol. The maximum atomic E-state index is 9.94. The number of imidazole rings is 1. The Hall–Kier alpha value is -1.32. The number of hydrogen-bond donors (Lipinski definition) is 1. The molecule has 1 aromatic heterocycles. The van der Waals surface area contributed by atoms with Gasteiger partial charge in [-0.1, -0.05) is 23.7 Å². The molecule has 0 saturated carbocycles. The van der Waals surface area contributed by atoms with Gasteiger partial charge in [-0.2, -0.15) is 0 Å². The van der Waals surface area contributed by atoms with Gasteiger partial charge in [0.25, 0.3) is 0 Å². The molecule has 19 heavy (non-hydrogen) atoms. The van der Waals surface area contributed by atoms with E-state index in [1.807, 2.05) is 35.0 Å². The minimum absolute atomic E-state index is 0.237. The van der Waals surface area contributed by atoms with Gasteiger partial charge in [0.1, 0.15) is 0 Å². The van der Waals surface area contributed by atoms with E-state index in [2.05, 4.69) is 4.98 Å². The molecule has 3 nitrogen and oxygen atoms in total. The van der Waals surface area contributed by atoms with Crippen LogP contribution in [-0.2, 0) is 13.0 Å². The molecule has 0 aliphatic heterocycles. The molecule has 2 rings (SSSR count). The molecule has 4 heteroatoms. The fourth-order valence-electron chi connectivity index (χ4n) is 2.06. The number of benzene rings is 1. The number of rotatable bonds is 7. The summed E-state index contributed by atoms with van der Waals surface area (Å²) < 4.78 is 2.03. The SMILES string of the molecule is OC(CCCn1ccnc1)CCc1ccc(Cl)cc1. The number of nitrogens with zero attached hydrogens (tertiary/aromatic N) is 2. The van der Waals surface area contributed by atoms with Crippen LogP contribution < -0.4 is 0 Å². The Morgan fingerprint density at radius 3 is 2.68 bits per heavy atom. The summed E-state index contributed by atoms with van der Waals surface area (Å²) in [6.07, 6.45) is 8.77. The van der Waals surface area contributed by atoms with E-state index in [4.69, 9.17) is 11.6 Å². The van der Waals surface area contributed by atoms with E-state index < -0.39 is 0 Å². The first-order chi connectivity index (χ1) is 9.24.